The smallest absolute Gasteiger partial charge is 0.159 e. The van der Waals surface area contributed by atoms with E-state index in [2.05, 4.69) is 13.8 Å². The van der Waals surface area contributed by atoms with Crippen LogP contribution in [-0.2, 0) is 4.79 Å². The molecule has 0 N–H and O–H groups in total. The number of ketones is 1. The molecular weight excluding hydrogens is 172 g/mol. The van der Waals surface area contributed by atoms with Crippen LogP contribution in [0.3, 0.4) is 0 Å². The molecule has 1 nitrogen and oxygen atoms in total. The lowest BCUT2D eigenvalue weighted by Crippen LogP contribution is -2.55. The van der Waals surface area contributed by atoms with E-state index in [9.17, 15) is 4.79 Å². The van der Waals surface area contributed by atoms with Crippen molar-refractivity contribution in [2.45, 2.75) is 44.4 Å². The Morgan fingerprint density at radius 3 is 2.17 bits per heavy atom. The Balaban J connectivity index is 2.39. The van der Waals surface area contributed by atoms with Gasteiger partial charge in [0.15, 0.2) is 5.78 Å². The number of rotatable bonds is 0. The van der Waals surface area contributed by atoms with Crippen molar-refractivity contribution in [3.63, 3.8) is 0 Å². The summed E-state index contributed by atoms with van der Waals surface area (Å²) < 4.78 is 0. The third-order valence-electron chi connectivity index (χ3n) is 3.79. The van der Waals surface area contributed by atoms with Crippen LogP contribution in [0.1, 0.15) is 39.5 Å². The van der Waals surface area contributed by atoms with Crippen LogP contribution in [0.15, 0.2) is 0 Å². The Hall–Kier alpha value is -0.0400. The zero-order valence-corrected chi connectivity index (χ0v) is 8.45. The third kappa shape index (κ3) is 0.891. The van der Waals surface area contributed by atoms with E-state index in [1.807, 2.05) is 0 Å². The maximum absolute atomic E-state index is 11.9. The zero-order chi connectivity index (χ0) is 8.98. The predicted octanol–water partition coefficient (Wildman–Crippen LogP) is 2.76. The molecule has 0 aromatic carbocycles. The molecule has 68 valence electrons. The number of hydrogen-bond acceptors (Lipinski definition) is 1. The van der Waals surface area contributed by atoms with Gasteiger partial charge in [-0.3, -0.25) is 4.79 Å². The third-order valence-corrected chi connectivity index (χ3v) is 4.34. The van der Waals surface area contributed by atoms with Crippen molar-refractivity contribution in [1.82, 2.24) is 0 Å². The molecule has 0 radical (unpaired) electrons. The molecule has 2 heteroatoms. The van der Waals surface area contributed by atoms with E-state index in [0.29, 0.717) is 11.7 Å². The van der Waals surface area contributed by atoms with Gasteiger partial charge in [-0.2, -0.15) is 0 Å². The van der Waals surface area contributed by atoms with E-state index >= 15 is 0 Å². The van der Waals surface area contributed by atoms with Crippen molar-refractivity contribution in [2.75, 3.05) is 0 Å². The highest BCUT2D eigenvalue weighted by Gasteiger charge is 2.55. The topological polar surface area (TPSA) is 17.1 Å². The summed E-state index contributed by atoms with van der Waals surface area (Å²) in [6, 6.07) is 0. The average Bonchev–Trinajstić information content (AvgIpc) is 2.01. The second kappa shape index (κ2) is 2.25. The minimum atomic E-state index is -0.488. The number of halogens is 1. The molecule has 12 heavy (non-hydrogen) atoms. The van der Waals surface area contributed by atoms with E-state index in [4.69, 9.17) is 11.6 Å². The van der Waals surface area contributed by atoms with Crippen LogP contribution in [0.25, 0.3) is 0 Å². The quantitative estimate of drug-likeness (QED) is 0.532. The first-order valence-electron chi connectivity index (χ1n) is 4.71. The maximum atomic E-state index is 11.9. The number of fused-ring (bicyclic) bond motifs is 3. The fourth-order valence-electron chi connectivity index (χ4n) is 2.79. The summed E-state index contributed by atoms with van der Waals surface area (Å²) in [5.41, 5.74) is -0.155. The SMILES string of the molecule is CC1(C)C(=O)C2(Cl)CCC1CC2. The second-order valence-electron chi connectivity index (χ2n) is 4.79. The Labute approximate surface area is 78.5 Å². The molecule has 3 aliphatic rings. The molecule has 0 saturated heterocycles. The van der Waals surface area contributed by atoms with Gasteiger partial charge < -0.3 is 0 Å². The maximum Gasteiger partial charge on any atom is 0.159 e. The molecule has 3 saturated carbocycles. The molecule has 0 aromatic rings. The number of carbonyl (C=O) groups excluding carboxylic acids is 1. The van der Waals surface area contributed by atoms with Gasteiger partial charge in [-0.1, -0.05) is 13.8 Å². The lowest BCUT2D eigenvalue weighted by atomic mass is 9.56. The van der Waals surface area contributed by atoms with Crippen LogP contribution in [0.4, 0.5) is 0 Å². The molecule has 0 unspecified atom stereocenters. The number of Topliss-reactive ketones (excluding diaryl/α,β-unsaturated/α-hetero) is 1. The fraction of sp³-hybridized carbons (Fsp3) is 0.900. The molecular formula is C10H15ClO. The highest BCUT2D eigenvalue weighted by atomic mass is 35.5. The summed E-state index contributed by atoms with van der Waals surface area (Å²) >= 11 is 6.28. The Morgan fingerprint density at radius 1 is 1.33 bits per heavy atom. The van der Waals surface area contributed by atoms with Crippen molar-refractivity contribution >= 4 is 17.4 Å². The number of carbonyl (C=O) groups is 1. The minimum absolute atomic E-state index is 0.155. The predicted molar refractivity (Wildman–Crippen MR) is 49.3 cm³/mol. The van der Waals surface area contributed by atoms with Gasteiger partial charge in [0.2, 0.25) is 0 Å². The molecule has 0 heterocycles. The Morgan fingerprint density at radius 2 is 1.83 bits per heavy atom. The lowest BCUT2D eigenvalue weighted by molar-refractivity contribution is -0.141. The van der Waals surface area contributed by atoms with Crippen LogP contribution in [0.5, 0.6) is 0 Å². The summed E-state index contributed by atoms with van der Waals surface area (Å²) in [4.78, 5) is 11.4. The van der Waals surface area contributed by atoms with Gasteiger partial charge >= 0.3 is 0 Å². The van der Waals surface area contributed by atoms with Gasteiger partial charge in [0, 0.05) is 5.41 Å². The molecule has 3 rings (SSSR count). The molecule has 2 bridgehead atoms. The molecule has 0 amide bonds. The van der Waals surface area contributed by atoms with Crippen LogP contribution in [-0.4, -0.2) is 10.7 Å². The van der Waals surface area contributed by atoms with E-state index < -0.39 is 4.87 Å². The Bertz CT molecular complexity index is 217. The van der Waals surface area contributed by atoms with Gasteiger partial charge in [-0.25, -0.2) is 0 Å². The monoisotopic (exact) mass is 186 g/mol. The highest BCUT2D eigenvalue weighted by Crippen LogP contribution is 2.54. The van der Waals surface area contributed by atoms with E-state index in [1.54, 1.807) is 0 Å². The minimum Gasteiger partial charge on any atom is -0.297 e. The van der Waals surface area contributed by atoms with Crippen LogP contribution in [0, 0.1) is 11.3 Å². The second-order valence-corrected chi connectivity index (χ2v) is 5.51. The first-order chi connectivity index (χ1) is 5.47. The lowest BCUT2D eigenvalue weighted by Gasteiger charge is -2.50. The fourth-order valence-corrected chi connectivity index (χ4v) is 3.25. The Kier molecular flexibility index (Phi) is 1.61. The molecule has 0 spiro atoms. The molecule has 0 atom stereocenters. The summed E-state index contributed by atoms with van der Waals surface area (Å²) in [6.45, 7) is 4.10. The van der Waals surface area contributed by atoms with Crippen molar-refractivity contribution in [3.05, 3.63) is 0 Å². The van der Waals surface area contributed by atoms with E-state index in [-0.39, 0.29) is 5.41 Å². The molecule has 0 aromatic heterocycles. The summed E-state index contributed by atoms with van der Waals surface area (Å²) in [6.07, 6.45) is 4.09. The summed E-state index contributed by atoms with van der Waals surface area (Å²) in [5, 5.41) is 0. The molecule has 3 fully saturated rings. The van der Waals surface area contributed by atoms with Crippen LogP contribution in [0.2, 0.25) is 0 Å². The average molecular weight is 187 g/mol. The molecule has 0 aliphatic heterocycles. The first-order valence-corrected chi connectivity index (χ1v) is 5.08. The number of alkyl halides is 1. The number of hydrogen-bond donors (Lipinski definition) is 0. The van der Waals surface area contributed by atoms with E-state index in [1.165, 1.54) is 0 Å². The summed E-state index contributed by atoms with van der Waals surface area (Å²) in [5.74, 6) is 0.879. The first kappa shape index (κ1) is 8.55. The zero-order valence-electron chi connectivity index (χ0n) is 7.69. The van der Waals surface area contributed by atoms with Gasteiger partial charge in [0.1, 0.15) is 4.87 Å². The van der Waals surface area contributed by atoms with Crippen molar-refractivity contribution in [1.29, 1.82) is 0 Å². The van der Waals surface area contributed by atoms with Crippen LogP contribution < -0.4 is 0 Å². The van der Waals surface area contributed by atoms with Gasteiger partial charge in [-0.15, -0.1) is 11.6 Å². The highest BCUT2D eigenvalue weighted by molar-refractivity contribution is 6.36. The van der Waals surface area contributed by atoms with Crippen molar-refractivity contribution in [2.24, 2.45) is 11.3 Å². The van der Waals surface area contributed by atoms with Gasteiger partial charge in [-0.05, 0) is 31.6 Å². The largest absolute Gasteiger partial charge is 0.297 e. The standard InChI is InChI=1S/C10H15ClO/c1-9(2)7-3-5-10(11,6-4-7)8(9)12/h7H,3-6H2,1-2H3. The van der Waals surface area contributed by atoms with E-state index in [0.717, 1.165) is 25.7 Å². The molecule has 3 aliphatic carbocycles. The van der Waals surface area contributed by atoms with Crippen molar-refractivity contribution < 1.29 is 4.79 Å². The summed E-state index contributed by atoms with van der Waals surface area (Å²) in [7, 11) is 0. The van der Waals surface area contributed by atoms with Crippen molar-refractivity contribution in [3.8, 4) is 0 Å². The van der Waals surface area contributed by atoms with Gasteiger partial charge in [0.25, 0.3) is 0 Å². The normalized spacial score (nSPS) is 44.9. The van der Waals surface area contributed by atoms with Gasteiger partial charge in [0.05, 0.1) is 0 Å². The van der Waals surface area contributed by atoms with Crippen LogP contribution >= 0.6 is 11.6 Å².